The van der Waals surface area contributed by atoms with Crippen LogP contribution in [0.15, 0.2) is 40.3 Å². The number of methoxy groups -OCH3 is 1. The summed E-state index contributed by atoms with van der Waals surface area (Å²) >= 11 is 1.23. The maximum absolute atomic E-state index is 11.9. The molecule has 0 aliphatic rings. The normalized spacial score (nSPS) is 10.2. The number of benzene rings is 1. The molecule has 4 N–H and O–H groups in total. The average molecular weight is 348 g/mol. The van der Waals surface area contributed by atoms with Crippen molar-refractivity contribution in [1.82, 2.24) is 9.97 Å². The summed E-state index contributed by atoms with van der Waals surface area (Å²) in [7, 11) is 1.30. The van der Waals surface area contributed by atoms with Crippen LogP contribution in [0.2, 0.25) is 0 Å². The number of nitrogen functional groups attached to an aromatic ring is 1. The first-order valence-corrected chi connectivity index (χ1v) is 7.94. The first-order valence-electron chi connectivity index (χ1n) is 6.96. The molecule has 0 bridgehead atoms. The van der Waals surface area contributed by atoms with E-state index >= 15 is 0 Å². The molecule has 0 unspecified atom stereocenters. The molecule has 126 valence electrons. The average Bonchev–Trinajstić information content (AvgIpc) is 2.54. The minimum Gasteiger partial charge on any atom is -0.465 e. The molecule has 2 rings (SSSR count). The van der Waals surface area contributed by atoms with Gasteiger partial charge >= 0.3 is 5.97 Å². The number of aromatic amines is 1. The van der Waals surface area contributed by atoms with Crippen LogP contribution in [0.4, 0.5) is 11.5 Å². The zero-order chi connectivity index (χ0) is 17.5. The first kappa shape index (κ1) is 17.5. The minimum absolute atomic E-state index is 0.136. The highest BCUT2D eigenvalue weighted by Crippen LogP contribution is 2.15. The number of nitrogens with two attached hydrogens (primary N) is 1. The highest BCUT2D eigenvalue weighted by atomic mass is 32.2. The lowest BCUT2D eigenvalue weighted by molar-refractivity contribution is -0.115. The molecule has 0 saturated carbocycles. The van der Waals surface area contributed by atoms with Crippen molar-refractivity contribution in [2.75, 3.05) is 23.9 Å². The molecule has 1 heterocycles. The fraction of sp³-hybridized carbons (Fsp3) is 0.200. The lowest BCUT2D eigenvalue weighted by Gasteiger charge is -2.06. The van der Waals surface area contributed by atoms with E-state index in [1.165, 1.54) is 24.9 Å². The van der Waals surface area contributed by atoms with Gasteiger partial charge in [-0.2, -0.15) is 0 Å². The second-order valence-electron chi connectivity index (χ2n) is 4.69. The standard InChI is InChI=1S/C15H16N4O4S/c1-23-14(22)9-2-4-10(5-3-9)17-12(20)6-7-24-15-18-11(16)8-13(21)19-15/h2-5,8H,6-7H2,1H3,(H,17,20)(H3,16,18,19,21). The van der Waals surface area contributed by atoms with E-state index in [2.05, 4.69) is 20.0 Å². The molecular formula is C15H16N4O4S. The number of hydrogen-bond acceptors (Lipinski definition) is 7. The Morgan fingerprint density at radius 2 is 2.04 bits per heavy atom. The summed E-state index contributed by atoms with van der Waals surface area (Å²) in [6.45, 7) is 0. The summed E-state index contributed by atoms with van der Waals surface area (Å²) in [6, 6.07) is 7.56. The number of H-pyrrole nitrogens is 1. The van der Waals surface area contributed by atoms with Crippen molar-refractivity contribution >= 4 is 35.1 Å². The molecule has 0 radical (unpaired) electrons. The van der Waals surface area contributed by atoms with Crippen LogP contribution < -0.4 is 16.6 Å². The van der Waals surface area contributed by atoms with Gasteiger partial charge in [-0.15, -0.1) is 0 Å². The Balaban J connectivity index is 1.82. The Morgan fingerprint density at radius 3 is 2.67 bits per heavy atom. The third-order valence-corrected chi connectivity index (χ3v) is 3.77. The van der Waals surface area contributed by atoms with Crippen LogP contribution in [0.3, 0.4) is 0 Å². The molecule has 24 heavy (non-hydrogen) atoms. The fourth-order valence-electron chi connectivity index (χ4n) is 1.79. The number of amides is 1. The highest BCUT2D eigenvalue weighted by molar-refractivity contribution is 7.99. The molecule has 2 aromatic rings. The number of aromatic nitrogens is 2. The summed E-state index contributed by atoms with van der Waals surface area (Å²) in [5.74, 6) is -0.0674. The number of nitrogens with zero attached hydrogens (tertiary/aromatic N) is 1. The van der Waals surface area contributed by atoms with Crippen molar-refractivity contribution in [3.8, 4) is 0 Å². The lowest BCUT2D eigenvalue weighted by atomic mass is 10.2. The van der Waals surface area contributed by atoms with Crippen molar-refractivity contribution in [1.29, 1.82) is 0 Å². The summed E-state index contributed by atoms with van der Waals surface area (Å²) < 4.78 is 4.60. The molecule has 0 saturated heterocycles. The van der Waals surface area contributed by atoms with Gasteiger partial charge in [-0.05, 0) is 24.3 Å². The monoisotopic (exact) mass is 348 g/mol. The van der Waals surface area contributed by atoms with E-state index in [0.29, 0.717) is 22.2 Å². The Morgan fingerprint density at radius 1 is 1.33 bits per heavy atom. The number of rotatable bonds is 6. The van der Waals surface area contributed by atoms with Crippen LogP contribution in [0.1, 0.15) is 16.8 Å². The Labute approximate surface area is 141 Å². The molecule has 8 nitrogen and oxygen atoms in total. The van der Waals surface area contributed by atoms with Crippen LogP contribution in [0.5, 0.6) is 0 Å². The molecular weight excluding hydrogens is 332 g/mol. The molecule has 0 spiro atoms. The fourth-order valence-corrected chi connectivity index (χ4v) is 2.62. The Bertz CT molecular complexity index is 789. The summed E-state index contributed by atoms with van der Waals surface area (Å²) in [5, 5.41) is 3.08. The molecule has 1 aromatic carbocycles. The molecule has 0 fully saturated rings. The zero-order valence-electron chi connectivity index (χ0n) is 12.9. The molecule has 9 heteroatoms. The number of thioether (sulfide) groups is 1. The van der Waals surface area contributed by atoms with Crippen LogP contribution >= 0.6 is 11.8 Å². The first-order chi connectivity index (χ1) is 11.5. The van der Waals surface area contributed by atoms with Gasteiger partial charge in [0.15, 0.2) is 5.16 Å². The number of hydrogen-bond donors (Lipinski definition) is 3. The third kappa shape index (κ3) is 5.13. The van der Waals surface area contributed by atoms with Crippen molar-refractivity contribution in [2.45, 2.75) is 11.6 Å². The van der Waals surface area contributed by atoms with E-state index in [1.54, 1.807) is 24.3 Å². The van der Waals surface area contributed by atoms with E-state index in [1.807, 2.05) is 0 Å². The topological polar surface area (TPSA) is 127 Å². The van der Waals surface area contributed by atoms with Crippen molar-refractivity contribution in [3.05, 3.63) is 46.2 Å². The van der Waals surface area contributed by atoms with E-state index in [9.17, 15) is 14.4 Å². The smallest absolute Gasteiger partial charge is 0.337 e. The number of esters is 1. The number of anilines is 2. The molecule has 0 atom stereocenters. The summed E-state index contributed by atoms with van der Waals surface area (Å²) in [6.07, 6.45) is 0.224. The van der Waals surface area contributed by atoms with Gasteiger partial charge in [0.2, 0.25) is 5.91 Å². The SMILES string of the molecule is COC(=O)c1ccc(NC(=O)CCSc2nc(N)cc(=O)[nH]2)cc1. The van der Waals surface area contributed by atoms with Gasteiger partial charge < -0.3 is 20.8 Å². The third-order valence-electron chi connectivity index (χ3n) is 2.90. The van der Waals surface area contributed by atoms with Crippen LogP contribution in [0.25, 0.3) is 0 Å². The van der Waals surface area contributed by atoms with Crippen LogP contribution in [-0.2, 0) is 9.53 Å². The van der Waals surface area contributed by atoms with E-state index in [0.717, 1.165) is 0 Å². The van der Waals surface area contributed by atoms with Gasteiger partial charge in [0.25, 0.3) is 5.56 Å². The predicted octanol–water partition coefficient (Wildman–Crippen LogP) is 1.26. The Kier molecular flexibility index (Phi) is 5.96. The predicted molar refractivity (Wildman–Crippen MR) is 91.0 cm³/mol. The van der Waals surface area contributed by atoms with Crippen molar-refractivity contribution < 1.29 is 14.3 Å². The lowest BCUT2D eigenvalue weighted by Crippen LogP contribution is -2.13. The largest absolute Gasteiger partial charge is 0.465 e. The Hall–Kier alpha value is -2.81. The molecule has 0 aliphatic heterocycles. The van der Waals surface area contributed by atoms with Gasteiger partial charge in [-0.1, -0.05) is 11.8 Å². The van der Waals surface area contributed by atoms with E-state index in [4.69, 9.17) is 5.73 Å². The van der Waals surface area contributed by atoms with Crippen molar-refractivity contribution in [2.24, 2.45) is 0 Å². The quantitative estimate of drug-likeness (QED) is 0.407. The van der Waals surface area contributed by atoms with Crippen molar-refractivity contribution in [3.63, 3.8) is 0 Å². The van der Waals surface area contributed by atoms with Gasteiger partial charge in [-0.3, -0.25) is 9.59 Å². The van der Waals surface area contributed by atoms with E-state index in [-0.39, 0.29) is 23.7 Å². The maximum atomic E-state index is 11.9. The van der Waals surface area contributed by atoms with E-state index < -0.39 is 5.97 Å². The van der Waals surface area contributed by atoms with Gasteiger partial charge in [0, 0.05) is 23.9 Å². The van der Waals surface area contributed by atoms with Gasteiger partial charge in [-0.25, -0.2) is 9.78 Å². The van der Waals surface area contributed by atoms with Gasteiger partial charge in [0.1, 0.15) is 5.82 Å². The number of nitrogens with one attached hydrogen (secondary N) is 2. The number of ether oxygens (including phenoxy) is 1. The highest BCUT2D eigenvalue weighted by Gasteiger charge is 2.07. The zero-order valence-corrected chi connectivity index (χ0v) is 13.7. The van der Waals surface area contributed by atoms with Crippen LogP contribution in [-0.4, -0.2) is 34.7 Å². The second-order valence-corrected chi connectivity index (χ2v) is 5.77. The number of carbonyl (C=O) groups is 2. The van der Waals surface area contributed by atoms with Crippen LogP contribution in [0, 0.1) is 0 Å². The minimum atomic E-state index is -0.437. The molecule has 0 aliphatic carbocycles. The number of carbonyl (C=O) groups excluding carboxylic acids is 2. The molecule has 1 aromatic heterocycles. The molecule has 1 amide bonds. The summed E-state index contributed by atoms with van der Waals surface area (Å²) in [4.78, 5) is 40.9. The second kappa shape index (κ2) is 8.16. The van der Waals surface area contributed by atoms with Gasteiger partial charge in [0.05, 0.1) is 12.7 Å². The summed E-state index contributed by atoms with van der Waals surface area (Å²) in [5.41, 5.74) is 6.13. The maximum Gasteiger partial charge on any atom is 0.337 e.